The van der Waals surface area contributed by atoms with Gasteiger partial charge in [-0.15, -0.1) is 0 Å². The number of alkyl halides is 3. The van der Waals surface area contributed by atoms with Crippen LogP contribution in [0.25, 0.3) is 0 Å². The van der Waals surface area contributed by atoms with Gasteiger partial charge < -0.3 is 5.32 Å². The summed E-state index contributed by atoms with van der Waals surface area (Å²) >= 11 is 0. The van der Waals surface area contributed by atoms with Crippen LogP contribution in [0.5, 0.6) is 0 Å². The third kappa shape index (κ3) is 4.01. The SMILES string of the molecule is CNC(=O)[C@H]1CCCN1CC#Cc1ccc(C(F)(F)F)cc1. The number of carbonyl (C=O) groups excluding carboxylic acids is 1. The van der Waals surface area contributed by atoms with Crippen LogP contribution in [0.3, 0.4) is 0 Å². The Balaban J connectivity index is 1.98. The Hall–Kier alpha value is -2.00. The molecule has 1 amide bonds. The predicted molar refractivity (Wildman–Crippen MR) is 77.0 cm³/mol. The summed E-state index contributed by atoms with van der Waals surface area (Å²) in [5, 5.41) is 2.63. The Morgan fingerprint density at radius 1 is 1.36 bits per heavy atom. The molecule has 1 N–H and O–H groups in total. The van der Waals surface area contributed by atoms with Crippen LogP contribution < -0.4 is 5.32 Å². The molecule has 0 radical (unpaired) electrons. The molecule has 0 spiro atoms. The molecule has 0 unspecified atom stereocenters. The second-order valence-electron chi connectivity index (χ2n) is 5.12. The number of benzene rings is 1. The van der Waals surface area contributed by atoms with E-state index in [1.165, 1.54) is 12.1 Å². The fraction of sp³-hybridized carbons (Fsp3) is 0.438. The monoisotopic (exact) mass is 310 g/mol. The Bertz CT molecular complexity index is 584. The fourth-order valence-electron chi connectivity index (χ4n) is 2.46. The Labute approximate surface area is 127 Å². The van der Waals surface area contributed by atoms with Crippen molar-refractivity contribution in [3.63, 3.8) is 0 Å². The van der Waals surface area contributed by atoms with Crippen molar-refractivity contribution in [2.75, 3.05) is 20.1 Å². The first-order valence-corrected chi connectivity index (χ1v) is 7.03. The van der Waals surface area contributed by atoms with Gasteiger partial charge in [0.2, 0.25) is 5.91 Å². The van der Waals surface area contributed by atoms with Gasteiger partial charge in [0, 0.05) is 12.6 Å². The summed E-state index contributed by atoms with van der Waals surface area (Å²) in [4.78, 5) is 13.7. The van der Waals surface area contributed by atoms with Crippen molar-refractivity contribution in [3.8, 4) is 11.8 Å². The van der Waals surface area contributed by atoms with Crippen molar-refractivity contribution in [1.29, 1.82) is 0 Å². The van der Waals surface area contributed by atoms with Crippen molar-refractivity contribution in [2.45, 2.75) is 25.1 Å². The number of hydrogen-bond donors (Lipinski definition) is 1. The van der Waals surface area contributed by atoms with Crippen LogP contribution >= 0.6 is 0 Å². The molecular weight excluding hydrogens is 293 g/mol. The molecule has 118 valence electrons. The molecule has 3 nitrogen and oxygen atoms in total. The molecule has 0 aromatic heterocycles. The third-order valence-corrected chi connectivity index (χ3v) is 3.64. The van der Waals surface area contributed by atoms with Crippen molar-refractivity contribution < 1.29 is 18.0 Å². The van der Waals surface area contributed by atoms with E-state index in [-0.39, 0.29) is 11.9 Å². The summed E-state index contributed by atoms with van der Waals surface area (Å²) in [6, 6.07) is 4.60. The summed E-state index contributed by atoms with van der Waals surface area (Å²) in [5.41, 5.74) is -0.152. The smallest absolute Gasteiger partial charge is 0.358 e. The highest BCUT2D eigenvalue weighted by molar-refractivity contribution is 5.81. The zero-order valence-corrected chi connectivity index (χ0v) is 12.2. The third-order valence-electron chi connectivity index (χ3n) is 3.64. The number of nitrogens with one attached hydrogen (secondary N) is 1. The van der Waals surface area contributed by atoms with Crippen molar-refractivity contribution in [2.24, 2.45) is 0 Å². The number of nitrogens with zero attached hydrogens (tertiary/aromatic N) is 1. The highest BCUT2D eigenvalue weighted by Crippen LogP contribution is 2.28. The molecule has 1 aromatic carbocycles. The number of hydrogen-bond acceptors (Lipinski definition) is 2. The lowest BCUT2D eigenvalue weighted by atomic mass is 10.1. The van der Waals surface area contributed by atoms with Crippen LogP contribution in [0.1, 0.15) is 24.0 Å². The van der Waals surface area contributed by atoms with Gasteiger partial charge in [-0.2, -0.15) is 13.2 Å². The normalized spacial score (nSPS) is 18.6. The Morgan fingerprint density at radius 3 is 2.64 bits per heavy atom. The summed E-state index contributed by atoms with van der Waals surface area (Å²) in [6.07, 6.45) is -2.58. The van der Waals surface area contributed by atoms with Gasteiger partial charge >= 0.3 is 6.18 Å². The van der Waals surface area contributed by atoms with Gasteiger partial charge in [-0.3, -0.25) is 9.69 Å². The lowest BCUT2D eigenvalue weighted by molar-refractivity contribution is -0.137. The quantitative estimate of drug-likeness (QED) is 0.850. The van der Waals surface area contributed by atoms with Gasteiger partial charge in [-0.05, 0) is 43.7 Å². The van der Waals surface area contributed by atoms with Gasteiger partial charge in [0.25, 0.3) is 0 Å². The number of carbonyl (C=O) groups is 1. The fourth-order valence-corrected chi connectivity index (χ4v) is 2.46. The molecule has 1 fully saturated rings. The largest absolute Gasteiger partial charge is 0.416 e. The zero-order chi connectivity index (χ0) is 16.2. The minimum atomic E-state index is -4.33. The second kappa shape index (κ2) is 6.84. The zero-order valence-electron chi connectivity index (χ0n) is 12.2. The van der Waals surface area contributed by atoms with E-state index in [1.54, 1.807) is 7.05 Å². The molecule has 0 saturated carbocycles. The van der Waals surface area contributed by atoms with Crippen LogP contribution in [0, 0.1) is 11.8 Å². The Morgan fingerprint density at radius 2 is 2.05 bits per heavy atom. The molecule has 1 aromatic rings. The summed E-state index contributed by atoms with van der Waals surface area (Å²) in [6.45, 7) is 1.24. The second-order valence-corrected chi connectivity index (χ2v) is 5.12. The minimum Gasteiger partial charge on any atom is -0.358 e. The maximum Gasteiger partial charge on any atom is 0.416 e. The highest BCUT2D eigenvalue weighted by Gasteiger charge is 2.30. The first-order chi connectivity index (χ1) is 10.4. The lowest BCUT2D eigenvalue weighted by Gasteiger charge is -2.20. The van der Waals surface area contributed by atoms with E-state index in [0.717, 1.165) is 31.5 Å². The maximum atomic E-state index is 12.4. The van der Waals surface area contributed by atoms with E-state index in [2.05, 4.69) is 17.2 Å². The number of likely N-dealkylation sites (tertiary alicyclic amines) is 1. The van der Waals surface area contributed by atoms with Gasteiger partial charge in [0.1, 0.15) is 0 Å². The molecule has 1 atom stereocenters. The molecule has 0 bridgehead atoms. The average Bonchev–Trinajstić information content (AvgIpc) is 2.94. The average molecular weight is 310 g/mol. The van der Waals surface area contributed by atoms with Gasteiger partial charge in [-0.1, -0.05) is 11.8 Å². The van der Waals surface area contributed by atoms with Crippen LogP contribution in [0.15, 0.2) is 24.3 Å². The lowest BCUT2D eigenvalue weighted by Crippen LogP contribution is -2.41. The Kier molecular flexibility index (Phi) is 5.09. The topological polar surface area (TPSA) is 32.3 Å². The molecule has 22 heavy (non-hydrogen) atoms. The van der Waals surface area contributed by atoms with Crippen molar-refractivity contribution >= 4 is 5.91 Å². The van der Waals surface area contributed by atoms with Crippen molar-refractivity contribution in [3.05, 3.63) is 35.4 Å². The van der Waals surface area contributed by atoms with E-state index in [1.807, 2.05) is 4.90 Å². The molecular formula is C16H17F3N2O. The maximum absolute atomic E-state index is 12.4. The predicted octanol–water partition coefficient (Wildman–Crippen LogP) is 2.27. The number of halogens is 3. The number of amides is 1. The van der Waals surface area contributed by atoms with E-state index in [4.69, 9.17) is 0 Å². The first kappa shape index (κ1) is 16.4. The van der Waals surface area contributed by atoms with Crippen LogP contribution in [0.2, 0.25) is 0 Å². The van der Waals surface area contributed by atoms with Gasteiger partial charge in [0.15, 0.2) is 0 Å². The van der Waals surface area contributed by atoms with Gasteiger partial charge in [0.05, 0.1) is 18.2 Å². The van der Waals surface area contributed by atoms with Crippen LogP contribution in [-0.2, 0) is 11.0 Å². The molecule has 1 aliphatic rings. The molecule has 2 rings (SSSR count). The van der Waals surface area contributed by atoms with E-state index >= 15 is 0 Å². The van der Waals surface area contributed by atoms with Crippen LogP contribution in [0.4, 0.5) is 13.2 Å². The molecule has 0 aliphatic carbocycles. The molecule has 1 heterocycles. The first-order valence-electron chi connectivity index (χ1n) is 7.03. The number of likely N-dealkylation sites (N-methyl/N-ethyl adjacent to an activating group) is 1. The minimum absolute atomic E-state index is 0.0196. The van der Waals surface area contributed by atoms with Crippen molar-refractivity contribution in [1.82, 2.24) is 10.2 Å². The van der Waals surface area contributed by atoms with Crippen LogP contribution in [-0.4, -0.2) is 37.0 Å². The van der Waals surface area contributed by atoms with Gasteiger partial charge in [-0.25, -0.2) is 0 Å². The van der Waals surface area contributed by atoms with E-state index in [9.17, 15) is 18.0 Å². The molecule has 6 heteroatoms. The van der Waals surface area contributed by atoms with E-state index in [0.29, 0.717) is 12.1 Å². The van der Waals surface area contributed by atoms with E-state index < -0.39 is 11.7 Å². The summed E-state index contributed by atoms with van der Waals surface area (Å²) in [7, 11) is 1.60. The number of rotatable bonds is 2. The molecule has 1 aliphatic heterocycles. The summed E-state index contributed by atoms with van der Waals surface area (Å²) in [5.74, 6) is 5.74. The standard InChI is InChI=1S/C16H17F3N2O/c1-20-15(22)14-5-3-11-21(14)10-2-4-12-6-8-13(9-7-12)16(17,18)19/h6-9,14H,3,5,10-11H2,1H3,(H,20,22)/t14-/m1/s1. The highest BCUT2D eigenvalue weighted by atomic mass is 19.4. The molecule has 1 saturated heterocycles. The summed E-state index contributed by atoms with van der Waals surface area (Å²) < 4.78 is 37.3.